The van der Waals surface area contributed by atoms with Crippen molar-refractivity contribution in [2.45, 2.75) is 6.04 Å². The number of phenolic OH excluding ortho intramolecular Hbond substituents is 1. The van der Waals surface area contributed by atoms with Crippen LogP contribution in [0, 0.1) is 0 Å². The molecule has 0 amide bonds. The van der Waals surface area contributed by atoms with Crippen LogP contribution in [0.4, 0.5) is 0 Å². The smallest absolute Gasteiger partial charge is 0.134 e. The van der Waals surface area contributed by atoms with Crippen LogP contribution in [0.5, 0.6) is 5.75 Å². The highest BCUT2D eigenvalue weighted by Crippen LogP contribution is 2.32. The average Bonchev–Trinajstić information content (AvgIpc) is 2.23. The van der Waals surface area contributed by atoms with Gasteiger partial charge in [-0.1, -0.05) is 12.1 Å². The van der Waals surface area contributed by atoms with E-state index in [9.17, 15) is 5.11 Å². The molecule has 1 saturated heterocycles. The van der Waals surface area contributed by atoms with Crippen LogP contribution in [-0.2, 0) is 4.74 Å². The number of phenols is 1. The van der Waals surface area contributed by atoms with E-state index in [2.05, 4.69) is 21.2 Å². The number of rotatable bonds is 1. The third-order valence-corrected chi connectivity index (χ3v) is 2.95. The Morgan fingerprint density at radius 2 is 2.36 bits per heavy atom. The topological polar surface area (TPSA) is 41.5 Å². The summed E-state index contributed by atoms with van der Waals surface area (Å²) in [4.78, 5) is 0. The van der Waals surface area contributed by atoms with E-state index in [1.54, 1.807) is 0 Å². The van der Waals surface area contributed by atoms with Crippen molar-refractivity contribution in [3.8, 4) is 5.75 Å². The number of ether oxygens (including phenoxy) is 1. The van der Waals surface area contributed by atoms with Crippen molar-refractivity contribution in [1.29, 1.82) is 0 Å². The van der Waals surface area contributed by atoms with E-state index < -0.39 is 0 Å². The minimum absolute atomic E-state index is 0.0984. The van der Waals surface area contributed by atoms with Gasteiger partial charge in [-0.3, -0.25) is 0 Å². The van der Waals surface area contributed by atoms with Crippen LogP contribution in [0.2, 0.25) is 0 Å². The Kier molecular flexibility index (Phi) is 3.05. The molecule has 0 radical (unpaired) electrons. The summed E-state index contributed by atoms with van der Waals surface area (Å²) in [5.74, 6) is 0.301. The lowest BCUT2D eigenvalue weighted by molar-refractivity contribution is 0.0760. The Balaban J connectivity index is 2.26. The van der Waals surface area contributed by atoms with Gasteiger partial charge in [0, 0.05) is 12.1 Å². The second-order valence-electron chi connectivity index (χ2n) is 3.26. The minimum Gasteiger partial charge on any atom is -0.506 e. The molecular weight excluding hydrogens is 246 g/mol. The Labute approximate surface area is 91.2 Å². The van der Waals surface area contributed by atoms with Crippen LogP contribution in [0.3, 0.4) is 0 Å². The maximum absolute atomic E-state index is 9.81. The summed E-state index contributed by atoms with van der Waals surface area (Å²) in [6, 6.07) is 5.74. The Bertz CT molecular complexity index is 324. The van der Waals surface area contributed by atoms with Crippen molar-refractivity contribution < 1.29 is 9.84 Å². The summed E-state index contributed by atoms with van der Waals surface area (Å²) in [6.45, 7) is 2.19. The van der Waals surface area contributed by atoms with E-state index in [1.807, 2.05) is 18.2 Å². The zero-order valence-corrected chi connectivity index (χ0v) is 9.25. The molecule has 2 rings (SSSR count). The molecular formula is C10H12BrNO2. The van der Waals surface area contributed by atoms with E-state index in [0.717, 1.165) is 23.2 Å². The molecule has 1 aliphatic heterocycles. The average molecular weight is 258 g/mol. The number of hydrogen-bond donors (Lipinski definition) is 2. The predicted molar refractivity (Wildman–Crippen MR) is 57.4 cm³/mol. The fraction of sp³-hybridized carbons (Fsp3) is 0.400. The highest BCUT2D eigenvalue weighted by atomic mass is 79.9. The predicted octanol–water partition coefficient (Wildman–Crippen LogP) is 1.82. The van der Waals surface area contributed by atoms with E-state index >= 15 is 0 Å². The van der Waals surface area contributed by atoms with Gasteiger partial charge >= 0.3 is 0 Å². The molecule has 0 aromatic heterocycles. The largest absolute Gasteiger partial charge is 0.506 e. The van der Waals surface area contributed by atoms with Crippen LogP contribution >= 0.6 is 15.9 Å². The number of benzene rings is 1. The van der Waals surface area contributed by atoms with Crippen molar-refractivity contribution >= 4 is 15.9 Å². The van der Waals surface area contributed by atoms with Crippen molar-refractivity contribution in [2.75, 3.05) is 19.8 Å². The van der Waals surface area contributed by atoms with E-state index in [4.69, 9.17) is 4.74 Å². The molecule has 1 aliphatic rings. The first-order valence-electron chi connectivity index (χ1n) is 4.57. The van der Waals surface area contributed by atoms with E-state index in [0.29, 0.717) is 12.4 Å². The lowest BCUT2D eigenvalue weighted by Crippen LogP contribution is -2.34. The number of aromatic hydroxyl groups is 1. The van der Waals surface area contributed by atoms with E-state index in [-0.39, 0.29) is 6.04 Å². The van der Waals surface area contributed by atoms with E-state index in [1.165, 1.54) is 0 Å². The van der Waals surface area contributed by atoms with Gasteiger partial charge in [0.05, 0.1) is 23.7 Å². The first kappa shape index (κ1) is 9.96. The van der Waals surface area contributed by atoms with Crippen molar-refractivity contribution in [1.82, 2.24) is 5.32 Å². The van der Waals surface area contributed by atoms with Crippen LogP contribution in [0.15, 0.2) is 22.7 Å². The monoisotopic (exact) mass is 257 g/mol. The molecule has 1 atom stereocenters. The van der Waals surface area contributed by atoms with Gasteiger partial charge in [0.1, 0.15) is 5.75 Å². The molecule has 1 unspecified atom stereocenters. The van der Waals surface area contributed by atoms with Gasteiger partial charge in [-0.2, -0.15) is 0 Å². The zero-order chi connectivity index (χ0) is 9.97. The molecule has 3 nitrogen and oxygen atoms in total. The second-order valence-corrected chi connectivity index (χ2v) is 4.11. The van der Waals surface area contributed by atoms with Crippen molar-refractivity contribution in [3.05, 3.63) is 28.2 Å². The number of morpholine rings is 1. The fourth-order valence-corrected chi connectivity index (χ4v) is 1.96. The lowest BCUT2D eigenvalue weighted by Gasteiger charge is -2.24. The number of para-hydroxylation sites is 1. The minimum atomic E-state index is 0.0984. The third-order valence-electron chi connectivity index (χ3n) is 2.32. The van der Waals surface area contributed by atoms with Gasteiger partial charge in [0.25, 0.3) is 0 Å². The maximum Gasteiger partial charge on any atom is 0.134 e. The van der Waals surface area contributed by atoms with Crippen molar-refractivity contribution in [2.24, 2.45) is 0 Å². The van der Waals surface area contributed by atoms with Crippen LogP contribution < -0.4 is 5.32 Å². The Morgan fingerprint density at radius 1 is 1.50 bits per heavy atom. The molecule has 2 N–H and O–H groups in total. The number of nitrogens with one attached hydrogen (secondary N) is 1. The molecule has 1 aromatic carbocycles. The fourth-order valence-electron chi connectivity index (χ4n) is 1.58. The molecule has 0 saturated carbocycles. The van der Waals surface area contributed by atoms with Crippen LogP contribution in [-0.4, -0.2) is 24.9 Å². The summed E-state index contributed by atoms with van der Waals surface area (Å²) < 4.78 is 6.07. The standard InChI is InChI=1S/C10H12BrNO2/c11-8-3-1-2-7(10(8)13)9-6-14-5-4-12-9/h1-3,9,12-13H,4-6H2. The first-order valence-corrected chi connectivity index (χ1v) is 5.37. The van der Waals surface area contributed by atoms with Gasteiger partial charge in [0.2, 0.25) is 0 Å². The number of halogens is 1. The quantitative estimate of drug-likeness (QED) is 0.807. The Hall–Kier alpha value is -0.580. The molecule has 1 heterocycles. The summed E-state index contributed by atoms with van der Waals surface area (Å²) >= 11 is 3.29. The summed E-state index contributed by atoms with van der Waals surface area (Å²) in [6.07, 6.45) is 0. The Morgan fingerprint density at radius 3 is 3.07 bits per heavy atom. The van der Waals surface area contributed by atoms with Crippen LogP contribution in [0.1, 0.15) is 11.6 Å². The molecule has 14 heavy (non-hydrogen) atoms. The van der Waals surface area contributed by atoms with Gasteiger partial charge in [-0.15, -0.1) is 0 Å². The maximum atomic E-state index is 9.81. The third kappa shape index (κ3) is 1.92. The normalized spacial score (nSPS) is 22.2. The molecule has 0 aliphatic carbocycles. The molecule has 0 bridgehead atoms. The molecule has 0 spiro atoms. The lowest BCUT2D eigenvalue weighted by atomic mass is 10.1. The molecule has 76 valence electrons. The summed E-state index contributed by atoms with van der Waals surface area (Å²) in [5, 5.41) is 13.1. The highest BCUT2D eigenvalue weighted by Gasteiger charge is 2.18. The van der Waals surface area contributed by atoms with Crippen LogP contribution in [0.25, 0.3) is 0 Å². The molecule has 1 fully saturated rings. The zero-order valence-electron chi connectivity index (χ0n) is 7.66. The molecule has 4 heteroatoms. The molecule has 1 aromatic rings. The first-order chi connectivity index (χ1) is 6.79. The number of hydrogen-bond acceptors (Lipinski definition) is 3. The summed E-state index contributed by atoms with van der Waals surface area (Å²) in [5.41, 5.74) is 0.888. The highest BCUT2D eigenvalue weighted by molar-refractivity contribution is 9.10. The van der Waals surface area contributed by atoms with Gasteiger partial charge in [0.15, 0.2) is 0 Å². The SMILES string of the molecule is Oc1c(Br)cccc1C1COCCN1. The second kappa shape index (κ2) is 4.29. The summed E-state index contributed by atoms with van der Waals surface area (Å²) in [7, 11) is 0. The van der Waals surface area contributed by atoms with Crippen molar-refractivity contribution in [3.63, 3.8) is 0 Å². The van der Waals surface area contributed by atoms with Gasteiger partial charge in [-0.05, 0) is 22.0 Å². The van der Waals surface area contributed by atoms with Gasteiger partial charge < -0.3 is 15.2 Å². The van der Waals surface area contributed by atoms with Gasteiger partial charge in [-0.25, -0.2) is 0 Å².